The van der Waals surface area contributed by atoms with E-state index in [9.17, 15) is 4.79 Å². The summed E-state index contributed by atoms with van der Waals surface area (Å²) in [5, 5.41) is 4.25. The number of amides is 1. The van der Waals surface area contributed by atoms with Gasteiger partial charge in [-0.25, -0.2) is 4.79 Å². The van der Waals surface area contributed by atoms with Crippen LogP contribution in [0.3, 0.4) is 0 Å². The summed E-state index contributed by atoms with van der Waals surface area (Å²) in [6, 6.07) is 5.30. The van der Waals surface area contributed by atoms with Crippen molar-refractivity contribution in [2.24, 2.45) is 5.73 Å². The molecule has 16 heavy (non-hydrogen) atoms. The molecule has 0 saturated carbocycles. The molecule has 6 heteroatoms. The predicted octanol–water partition coefficient (Wildman–Crippen LogP) is 2.18. The second-order valence-corrected chi connectivity index (χ2v) is 3.99. The van der Waals surface area contributed by atoms with E-state index in [1.54, 1.807) is 6.07 Å². The maximum absolute atomic E-state index is 10.3. The molecule has 0 bridgehead atoms. The monoisotopic (exact) mass is 262 g/mol. The van der Waals surface area contributed by atoms with Crippen molar-refractivity contribution in [2.45, 2.75) is 6.54 Å². The first-order valence-electron chi connectivity index (χ1n) is 4.66. The van der Waals surface area contributed by atoms with Crippen LogP contribution >= 0.6 is 23.2 Å². The summed E-state index contributed by atoms with van der Waals surface area (Å²) >= 11 is 11.7. The number of rotatable bonds is 5. The van der Waals surface area contributed by atoms with E-state index in [1.807, 2.05) is 12.1 Å². The van der Waals surface area contributed by atoms with Crippen molar-refractivity contribution >= 4 is 29.3 Å². The number of primary amides is 1. The van der Waals surface area contributed by atoms with Gasteiger partial charge in [0.25, 0.3) is 0 Å². The quantitative estimate of drug-likeness (QED) is 0.800. The predicted molar refractivity (Wildman–Crippen MR) is 63.7 cm³/mol. The zero-order valence-electron chi connectivity index (χ0n) is 8.50. The second kappa shape index (κ2) is 6.58. The molecule has 88 valence electrons. The van der Waals surface area contributed by atoms with Crippen LogP contribution in [0, 0.1) is 0 Å². The second-order valence-electron chi connectivity index (χ2n) is 3.12. The molecule has 0 fully saturated rings. The minimum Gasteiger partial charge on any atom is -0.448 e. The molecule has 0 radical (unpaired) electrons. The third-order valence-electron chi connectivity index (χ3n) is 1.77. The maximum atomic E-state index is 10.3. The highest BCUT2D eigenvalue weighted by atomic mass is 35.5. The number of benzene rings is 1. The molecule has 0 saturated heterocycles. The Kier molecular flexibility index (Phi) is 5.38. The largest absolute Gasteiger partial charge is 0.448 e. The SMILES string of the molecule is NC(=O)OCCNCc1cc(Cl)cc(Cl)c1. The van der Waals surface area contributed by atoms with Crippen LogP contribution in [0.5, 0.6) is 0 Å². The van der Waals surface area contributed by atoms with Gasteiger partial charge in [-0.05, 0) is 23.8 Å². The van der Waals surface area contributed by atoms with Crippen LogP contribution in [0.25, 0.3) is 0 Å². The first-order chi connectivity index (χ1) is 7.58. The van der Waals surface area contributed by atoms with Gasteiger partial charge in [0.15, 0.2) is 0 Å². The minimum atomic E-state index is -0.771. The number of nitrogens with two attached hydrogens (primary N) is 1. The molecular weight excluding hydrogens is 251 g/mol. The molecule has 0 unspecified atom stereocenters. The van der Waals surface area contributed by atoms with Crippen LogP contribution < -0.4 is 11.1 Å². The number of hydrogen-bond acceptors (Lipinski definition) is 3. The lowest BCUT2D eigenvalue weighted by molar-refractivity contribution is 0.157. The molecule has 0 spiro atoms. The summed E-state index contributed by atoms with van der Waals surface area (Å²) in [7, 11) is 0. The molecule has 0 aromatic heterocycles. The number of halogens is 2. The van der Waals surface area contributed by atoms with Gasteiger partial charge < -0.3 is 15.8 Å². The van der Waals surface area contributed by atoms with Crippen LogP contribution in [0.1, 0.15) is 5.56 Å². The fourth-order valence-electron chi connectivity index (χ4n) is 1.17. The Balaban J connectivity index is 2.29. The average Bonchev–Trinajstić information content (AvgIpc) is 2.15. The van der Waals surface area contributed by atoms with Gasteiger partial charge in [0.05, 0.1) is 0 Å². The highest BCUT2D eigenvalue weighted by Gasteiger charge is 1.98. The average molecular weight is 263 g/mol. The van der Waals surface area contributed by atoms with E-state index in [0.717, 1.165) is 5.56 Å². The maximum Gasteiger partial charge on any atom is 0.404 e. The third-order valence-corrected chi connectivity index (χ3v) is 2.21. The van der Waals surface area contributed by atoms with Gasteiger partial charge in [0.2, 0.25) is 0 Å². The normalized spacial score (nSPS) is 10.1. The molecule has 1 amide bonds. The number of hydrogen-bond donors (Lipinski definition) is 2. The summed E-state index contributed by atoms with van der Waals surface area (Å²) < 4.78 is 4.55. The molecule has 0 aliphatic heterocycles. The number of ether oxygens (including phenoxy) is 1. The molecular formula is C10H12Cl2N2O2. The molecule has 0 aliphatic carbocycles. The number of carbonyl (C=O) groups is 1. The van der Waals surface area contributed by atoms with E-state index >= 15 is 0 Å². The standard InChI is InChI=1S/C10H12Cl2N2O2/c11-8-3-7(4-9(12)5-8)6-14-1-2-16-10(13)15/h3-5,14H,1-2,6H2,(H2,13,15). The van der Waals surface area contributed by atoms with Crippen LogP contribution in [0.4, 0.5) is 4.79 Å². The Morgan fingerprint density at radius 2 is 1.94 bits per heavy atom. The van der Waals surface area contributed by atoms with E-state index in [1.165, 1.54) is 0 Å². The van der Waals surface area contributed by atoms with E-state index in [-0.39, 0.29) is 6.61 Å². The molecule has 4 nitrogen and oxygen atoms in total. The van der Waals surface area contributed by atoms with Gasteiger partial charge in [0, 0.05) is 23.1 Å². The van der Waals surface area contributed by atoms with E-state index in [4.69, 9.17) is 28.9 Å². The van der Waals surface area contributed by atoms with Crippen LogP contribution in [0.15, 0.2) is 18.2 Å². The lowest BCUT2D eigenvalue weighted by atomic mass is 10.2. The molecule has 0 atom stereocenters. The smallest absolute Gasteiger partial charge is 0.404 e. The van der Waals surface area contributed by atoms with Crippen molar-refractivity contribution in [1.29, 1.82) is 0 Å². The van der Waals surface area contributed by atoms with Crippen molar-refractivity contribution in [3.63, 3.8) is 0 Å². The van der Waals surface area contributed by atoms with Gasteiger partial charge in [-0.3, -0.25) is 0 Å². The fraction of sp³-hybridized carbons (Fsp3) is 0.300. The summed E-state index contributed by atoms with van der Waals surface area (Å²) in [6.45, 7) is 1.36. The lowest BCUT2D eigenvalue weighted by Gasteiger charge is -2.06. The Hall–Kier alpha value is -0.970. The topological polar surface area (TPSA) is 64.4 Å². The van der Waals surface area contributed by atoms with Crippen molar-refractivity contribution in [2.75, 3.05) is 13.2 Å². The van der Waals surface area contributed by atoms with Crippen molar-refractivity contribution in [1.82, 2.24) is 5.32 Å². The summed E-state index contributed by atoms with van der Waals surface area (Å²) in [6.07, 6.45) is -0.771. The third kappa shape index (κ3) is 5.21. The van der Waals surface area contributed by atoms with Gasteiger partial charge in [0.1, 0.15) is 6.61 Å². The van der Waals surface area contributed by atoms with Crippen molar-refractivity contribution in [3.8, 4) is 0 Å². The van der Waals surface area contributed by atoms with Gasteiger partial charge >= 0.3 is 6.09 Å². The molecule has 0 aliphatic rings. The van der Waals surface area contributed by atoms with E-state index in [0.29, 0.717) is 23.1 Å². The first kappa shape index (κ1) is 13.1. The summed E-state index contributed by atoms with van der Waals surface area (Å²) in [5.74, 6) is 0. The van der Waals surface area contributed by atoms with Crippen LogP contribution in [-0.2, 0) is 11.3 Å². The number of nitrogens with one attached hydrogen (secondary N) is 1. The van der Waals surface area contributed by atoms with E-state index in [2.05, 4.69) is 10.1 Å². The zero-order valence-corrected chi connectivity index (χ0v) is 10.0. The molecule has 0 heterocycles. The molecule has 1 aromatic carbocycles. The van der Waals surface area contributed by atoms with Crippen LogP contribution in [-0.4, -0.2) is 19.2 Å². The fourth-order valence-corrected chi connectivity index (χ4v) is 1.74. The van der Waals surface area contributed by atoms with Gasteiger partial charge in [-0.1, -0.05) is 23.2 Å². The van der Waals surface area contributed by atoms with Gasteiger partial charge in [-0.2, -0.15) is 0 Å². The lowest BCUT2D eigenvalue weighted by Crippen LogP contribution is -2.23. The zero-order chi connectivity index (χ0) is 12.0. The van der Waals surface area contributed by atoms with Crippen LogP contribution in [0.2, 0.25) is 10.0 Å². The Morgan fingerprint density at radius 1 is 1.31 bits per heavy atom. The summed E-state index contributed by atoms with van der Waals surface area (Å²) in [5.41, 5.74) is 5.77. The molecule has 1 aromatic rings. The Morgan fingerprint density at radius 3 is 2.50 bits per heavy atom. The van der Waals surface area contributed by atoms with Crippen molar-refractivity contribution < 1.29 is 9.53 Å². The summed E-state index contributed by atoms with van der Waals surface area (Å²) in [4.78, 5) is 10.3. The first-order valence-corrected chi connectivity index (χ1v) is 5.41. The highest BCUT2D eigenvalue weighted by Crippen LogP contribution is 2.18. The van der Waals surface area contributed by atoms with E-state index < -0.39 is 6.09 Å². The number of carbonyl (C=O) groups excluding carboxylic acids is 1. The Labute approximate surface area is 104 Å². The Bertz CT molecular complexity index is 352. The minimum absolute atomic E-state index is 0.240. The molecule has 1 rings (SSSR count). The van der Waals surface area contributed by atoms with Gasteiger partial charge in [-0.15, -0.1) is 0 Å². The van der Waals surface area contributed by atoms with Crippen molar-refractivity contribution in [3.05, 3.63) is 33.8 Å². The molecule has 3 N–H and O–H groups in total. The highest BCUT2D eigenvalue weighted by molar-refractivity contribution is 6.34.